The van der Waals surface area contributed by atoms with Crippen LogP contribution in [0.5, 0.6) is 0 Å². The van der Waals surface area contributed by atoms with Crippen LogP contribution in [0, 0.1) is 0 Å². The van der Waals surface area contributed by atoms with E-state index in [1.54, 1.807) is 0 Å². The molecule has 109 valence electrons. The summed E-state index contributed by atoms with van der Waals surface area (Å²) in [7, 11) is 5.51. The molecule has 0 unspecified atom stereocenters. The Morgan fingerprint density at radius 2 is 1.55 bits per heavy atom. The Kier molecular flexibility index (Phi) is 6.83. The molecule has 0 aromatic heterocycles. The summed E-state index contributed by atoms with van der Waals surface area (Å²) >= 11 is -1.92. The number of carbonyl (C=O) groups excluding carboxylic acids is 1. The molecule has 20 heavy (non-hydrogen) atoms. The number of hydrogen-bond donors (Lipinski definition) is 1. The predicted octanol–water partition coefficient (Wildman–Crippen LogP) is 2.70. The van der Waals surface area contributed by atoms with E-state index in [0.717, 1.165) is 17.6 Å². The van der Waals surface area contributed by atoms with Crippen LogP contribution < -0.4 is 14.7 Å². The van der Waals surface area contributed by atoms with Gasteiger partial charge in [0.2, 0.25) is 0 Å². The zero-order chi connectivity index (χ0) is 14.2. The first kappa shape index (κ1) is 15.8. The molecule has 0 radical (unpaired) electrons. The van der Waals surface area contributed by atoms with Crippen LogP contribution in [0.15, 0.2) is 60.7 Å². The molecule has 2 aromatic carbocycles. The Morgan fingerprint density at radius 3 is 2.00 bits per heavy atom. The van der Waals surface area contributed by atoms with Crippen LogP contribution in [0.3, 0.4) is 0 Å². The minimum atomic E-state index is -1.92. The van der Waals surface area contributed by atoms with Crippen molar-refractivity contribution in [3.63, 3.8) is 0 Å². The summed E-state index contributed by atoms with van der Waals surface area (Å²) in [5, 5.41) is 2.71. The van der Waals surface area contributed by atoms with Gasteiger partial charge in [0.15, 0.2) is 0 Å². The molecule has 2 aromatic rings. The van der Waals surface area contributed by atoms with Crippen molar-refractivity contribution >= 4 is 33.1 Å². The van der Waals surface area contributed by atoms with Gasteiger partial charge in [0.1, 0.15) is 0 Å². The topological polar surface area (TPSA) is 29.1 Å². The summed E-state index contributed by atoms with van der Waals surface area (Å²) in [6, 6.07) is 21.1. The number of benzene rings is 2. The fourth-order valence-corrected chi connectivity index (χ4v) is 5.61. The van der Waals surface area contributed by atoms with Gasteiger partial charge < -0.3 is 1.43 Å². The van der Waals surface area contributed by atoms with E-state index in [4.69, 9.17) is 9.69 Å². The van der Waals surface area contributed by atoms with Crippen LogP contribution in [0.1, 0.15) is 1.43 Å². The van der Waals surface area contributed by atoms with Gasteiger partial charge in [-0.1, -0.05) is 0 Å². The zero-order valence-electron chi connectivity index (χ0n) is 11.9. The van der Waals surface area contributed by atoms with Gasteiger partial charge in [-0.15, -0.1) is 0 Å². The minimum absolute atomic E-state index is 0. The molecule has 0 fully saturated rings. The van der Waals surface area contributed by atoms with E-state index < -0.39 is 23.1 Å². The standard InChI is InChI=1S/C14H15NP.CHO.ClH.Ru.H/c15-11-12-16(13-7-3-1-4-8-13)14-9-5-2-6-10-14;1-2;;;/h1-10,15H,11-12H2;1H;1H;;/q-1;;;+2;-1/p-1. The Morgan fingerprint density at radius 1 is 1.05 bits per heavy atom. The summed E-state index contributed by atoms with van der Waals surface area (Å²) in [5.74, 6) is 0. The van der Waals surface area contributed by atoms with Gasteiger partial charge in [-0.2, -0.15) is 0 Å². The summed E-state index contributed by atoms with van der Waals surface area (Å²) < 4.78 is 3.16. The SMILES string of the molecule is O=[CH][Ru]([Cl])[NH]CCP(c1ccccc1)c1ccccc1.[H-]. The van der Waals surface area contributed by atoms with Crippen LogP contribution in [0.25, 0.3) is 0 Å². The quantitative estimate of drug-likeness (QED) is 0.444. The van der Waals surface area contributed by atoms with Crippen molar-refractivity contribution in [2.45, 2.75) is 0 Å². The second-order valence-corrected chi connectivity index (χ2v) is 10.3. The van der Waals surface area contributed by atoms with Gasteiger partial charge in [0, 0.05) is 0 Å². The van der Waals surface area contributed by atoms with Gasteiger partial charge >= 0.3 is 131 Å². The molecule has 0 saturated carbocycles. The summed E-state index contributed by atoms with van der Waals surface area (Å²) in [6.45, 7) is 0.788. The molecule has 0 spiro atoms. The second kappa shape index (κ2) is 8.65. The maximum Gasteiger partial charge on any atom is -1.00 e. The van der Waals surface area contributed by atoms with Crippen LogP contribution in [-0.2, 0) is 20.0 Å². The molecule has 1 N–H and O–H groups in total. The number of rotatable bonds is 7. The van der Waals surface area contributed by atoms with Crippen LogP contribution in [-0.4, -0.2) is 17.6 Å². The average Bonchev–Trinajstić information content (AvgIpc) is 2.53. The van der Waals surface area contributed by atoms with Crippen molar-refractivity contribution in [3.05, 3.63) is 60.7 Å². The third-order valence-electron chi connectivity index (χ3n) is 2.75. The molecular formula is C15H17ClNOPRu-. The van der Waals surface area contributed by atoms with Gasteiger partial charge in [0.25, 0.3) is 0 Å². The first-order valence-corrected chi connectivity index (χ1v) is 11.8. The maximum absolute atomic E-state index is 10.6. The monoisotopic (exact) mass is 395 g/mol. The molecule has 0 atom stereocenters. The van der Waals surface area contributed by atoms with Crippen molar-refractivity contribution in [2.24, 2.45) is 0 Å². The molecule has 0 amide bonds. The predicted molar refractivity (Wildman–Crippen MR) is 85.7 cm³/mol. The van der Waals surface area contributed by atoms with Crippen molar-refractivity contribution in [3.8, 4) is 0 Å². The molecule has 0 aliphatic carbocycles. The van der Waals surface area contributed by atoms with Gasteiger partial charge in [-0.3, -0.25) is 0 Å². The van der Waals surface area contributed by atoms with E-state index in [2.05, 4.69) is 52.6 Å². The smallest absolute Gasteiger partial charge is 1.00 e. The molecule has 0 saturated heterocycles. The third-order valence-corrected chi connectivity index (χ3v) is 7.58. The van der Waals surface area contributed by atoms with Crippen LogP contribution in [0.2, 0.25) is 0 Å². The molecule has 2 rings (SSSR count). The largest absolute Gasteiger partial charge is 1.00 e. The molecule has 5 heteroatoms. The van der Waals surface area contributed by atoms with Crippen molar-refractivity contribution in [1.82, 2.24) is 4.06 Å². The first-order valence-electron chi connectivity index (χ1n) is 6.19. The Bertz CT molecular complexity index is 492. The van der Waals surface area contributed by atoms with Gasteiger partial charge in [-0.25, -0.2) is 0 Å². The maximum atomic E-state index is 10.6. The molecule has 0 aliphatic rings. The Balaban J connectivity index is 0.00000220. The van der Waals surface area contributed by atoms with Crippen LogP contribution >= 0.6 is 17.6 Å². The van der Waals surface area contributed by atoms with E-state index >= 15 is 0 Å². The van der Waals surface area contributed by atoms with Gasteiger partial charge in [0.05, 0.1) is 0 Å². The van der Waals surface area contributed by atoms with Gasteiger partial charge in [-0.05, 0) is 0 Å². The molecule has 0 aliphatic heterocycles. The second-order valence-electron chi connectivity index (χ2n) is 4.03. The minimum Gasteiger partial charge on any atom is -1.00 e. The fourth-order valence-electron chi connectivity index (χ4n) is 1.89. The fraction of sp³-hybridized carbons (Fsp3) is 0.133. The average molecular weight is 395 g/mol. The molecule has 0 heterocycles. The van der Waals surface area contributed by atoms with E-state index in [9.17, 15) is 4.79 Å². The summed E-state index contributed by atoms with van der Waals surface area (Å²) in [6.07, 6.45) is 0.995. The molecule has 0 bridgehead atoms. The number of halogens is 1. The summed E-state index contributed by atoms with van der Waals surface area (Å²) in [5.41, 5.74) is 0. The van der Waals surface area contributed by atoms with E-state index in [1.165, 1.54) is 10.6 Å². The third kappa shape index (κ3) is 4.75. The van der Waals surface area contributed by atoms with Crippen molar-refractivity contribution < 1.29 is 21.4 Å². The number of nitrogens with one attached hydrogen (secondary N) is 1. The van der Waals surface area contributed by atoms with Crippen LogP contribution in [0.4, 0.5) is 0 Å². The van der Waals surface area contributed by atoms with E-state index in [-0.39, 0.29) is 1.43 Å². The normalized spacial score (nSPS) is 11.4. The Hall–Kier alpha value is -0.587. The zero-order valence-corrected chi connectivity index (χ0v) is 14.2. The first-order chi connectivity index (χ1) is 9.81. The molecular weight excluding hydrogens is 378 g/mol. The van der Waals surface area contributed by atoms with E-state index in [1.807, 2.05) is 12.1 Å². The number of carbonyl (C=O) groups is 1. The Labute approximate surface area is 132 Å². The van der Waals surface area contributed by atoms with Crippen molar-refractivity contribution in [2.75, 3.05) is 12.7 Å². The van der Waals surface area contributed by atoms with Crippen molar-refractivity contribution in [1.29, 1.82) is 0 Å². The molecule has 2 nitrogen and oxygen atoms in total. The van der Waals surface area contributed by atoms with E-state index in [0.29, 0.717) is 0 Å². The summed E-state index contributed by atoms with van der Waals surface area (Å²) in [4.78, 5) is 11.5. The number of hydrogen-bond acceptors (Lipinski definition) is 2.